The zero-order chi connectivity index (χ0) is 13.9. The van der Waals surface area contributed by atoms with E-state index in [4.69, 9.17) is 5.73 Å². The van der Waals surface area contributed by atoms with Crippen molar-refractivity contribution in [3.05, 3.63) is 48.0 Å². The third-order valence-electron chi connectivity index (χ3n) is 2.46. The lowest BCUT2D eigenvalue weighted by atomic mass is 10.2. The van der Waals surface area contributed by atoms with Crippen molar-refractivity contribution in [1.29, 1.82) is 0 Å². The van der Waals surface area contributed by atoms with Crippen LogP contribution in [0, 0.1) is 0 Å². The smallest absolute Gasteiger partial charge is 0.248 e. The summed E-state index contributed by atoms with van der Waals surface area (Å²) in [7, 11) is -3.63. The van der Waals surface area contributed by atoms with Crippen LogP contribution in [0.4, 0.5) is 0 Å². The standard InChI is InChI=1S/C11H12N4O3S/c12-11(16)8-1-3-10(4-2-8)19(17,18)15-6-9-5-13-7-14-9/h1-5,7,15H,6H2,(H2,12,16)(H,13,14). The van der Waals surface area contributed by atoms with Gasteiger partial charge in [0.25, 0.3) is 0 Å². The van der Waals surface area contributed by atoms with Crippen molar-refractivity contribution < 1.29 is 13.2 Å². The minimum Gasteiger partial charge on any atom is -0.366 e. The molecule has 19 heavy (non-hydrogen) atoms. The van der Waals surface area contributed by atoms with Gasteiger partial charge in [0.15, 0.2) is 0 Å². The van der Waals surface area contributed by atoms with Gasteiger partial charge in [-0.2, -0.15) is 0 Å². The zero-order valence-corrected chi connectivity index (χ0v) is 10.6. The van der Waals surface area contributed by atoms with Crippen molar-refractivity contribution in [3.63, 3.8) is 0 Å². The van der Waals surface area contributed by atoms with Gasteiger partial charge < -0.3 is 10.7 Å². The first-order valence-electron chi connectivity index (χ1n) is 5.36. The summed E-state index contributed by atoms with van der Waals surface area (Å²) in [5.41, 5.74) is 5.99. The van der Waals surface area contributed by atoms with Crippen molar-refractivity contribution >= 4 is 15.9 Å². The molecule has 1 amide bonds. The fourth-order valence-electron chi connectivity index (χ4n) is 1.44. The van der Waals surface area contributed by atoms with E-state index in [1.54, 1.807) is 0 Å². The van der Waals surface area contributed by atoms with Crippen molar-refractivity contribution in [2.24, 2.45) is 5.73 Å². The number of carbonyl (C=O) groups excluding carboxylic acids is 1. The molecule has 0 aliphatic heterocycles. The quantitative estimate of drug-likeness (QED) is 0.713. The first kappa shape index (κ1) is 13.2. The molecule has 0 aliphatic carbocycles. The van der Waals surface area contributed by atoms with E-state index >= 15 is 0 Å². The Morgan fingerprint density at radius 2 is 2.00 bits per heavy atom. The highest BCUT2D eigenvalue weighted by Gasteiger charge is 2.14. The maximum absolute atomic E-state index is 11.9. The van der Waals surface area contributed by atoms with Gasteiger partial charge in [-0.1, -0.05) is 0 Å². The number of primary amides is 1. The number of hydrogen-bond acceptors (Lipinski definition) is 4. The average molecular weight is 280 g/mol. The first-order valence-corrected chi connectivity index (χ1v) is 6.84. The number of hydrogen-bond donors (Lipinski definition) is 3. The topological polar surface area (TPSA) is 118 Å². The van der Waals surface area contributed by atoms with Crippen LogP contribution in [0.5, 0.6) is 0 Å². The van der Waals surface area contributed by atoms with E-state index in [9.17, 15) is 13.2 Å². The number of benzene rings is 1. The number of aromatic nitrogens is 2. The highest BCUT2D eigenvalue weighted by atomic mass is 32.2. The lowest BCUT2D eigenvalue weighted by molar-refractivity contribution is 0.1000. The summed E-state index contributed by atoms with van der Waals surface area (Å²) in [6, 6.07) is 5.39. The highest BCUT2D eigenvalue weighted by molar-refractivity contribution is 7.89. The van der Waals surface area contributed by atoms with E-state index in [2.05, 4.69) is 14.7 Å². The van der Waals surface area contributed by atoms with Crippen LogP contribution in [0.15, 0.2) is 41.7 Å². The number of aromatic amines is 1. The molecular formula is C11H12N4O3S. The number of amides is 1. The molecule has 0 fully saturated rings. The Bertz CT molecular complexity index is 662. The van der Waals surface area contributed by atoms with E-state index in [0.717, 1.165) is 0 Å². The molecule has 0 aliphatic rings. The lowest BCUT2D eigenvalue weighted by Gasteiger charge is -2.06. The van der Waals surface area contributed by atoms with E-state index < -0.39 is 15.9 Å². The van der Waals surface area contributed by atoms with Crippen LogP contribution >= 0.6 is 0 Å². The second-order valence-electron chi connectivity index (χ2n) is 3.79. The van der Waals surface area contributed by atoms with E-state index in [1.807, 2.05) is 0 Å². The number of nitrogens with two attached hydrogens (primary N) is 1. The summed E-state index contributed by atoms with van der Waals surface area (Å²) in [6.07, 6.45) is 2.99. The molecule has 8 heteroatoms. The van der Waals surface area contributed by atoms with Crippen LogP contribution in [0.1, 0.15) is 16.1 Å². The Kier molecular flexibility index (Phi) is 3.63. The van der Waals surface area contributed by atoms with E-state index in [1.165, 1.54) is 36.8 Å². The molecule has 2 rings (SSSR count). The monoisotopic (exact) mass is 280 g/mol. The molecule has 1 aromatic heterocycles. The number of nitrogens with zero attached hydrogens (tertiary/aromatic N) is 1. The van der Waals surface area contributed by atoms with Crippen LogP contribution in [0.25, 0.3) is 0 Å². The third kappa shape index (κ3) is 3.18. The minimum atomic E-state index is -3.63. The van der Waals surface area contributed by atoms with Gasteiger partial charge in [-0.05, 0) is 24.3 Å². The summed E-state index contributed by atoms with van der Waals surface area (Å²) in [6.45, 7) is 0.111. The molecule has 0 spiro atoms. The summed E-state index contributed by atoms with van der Waals surface area (Å²) in [5, 5.41) is 0. The normalized spacial score (nSPS) is 11.4. The lowest BCUT2D eigenvalue weighted by Crippen LogP contribution is -2.23. The van der Waals surface area contributed by atoms with Crippen molar-refractivity contribution in [1.82, 2.24) is 14.7 Å². The van der Waals surface area contributed by atoms with E-state index in [0.29, 0.717) is 5.69 Å². The van der Waals surface area contributed by atoms with Crippen LogP contribution in [-0.2, 0) is 16.6 Å². The molecule has 0 bridgehead atoms. The summed E-state index contributed by atoms with van der Waals surface area (Å²) in [5.74, 6) is -0.602. The predicted molar refractivity (Wildman–Crippen MR) is 67.6 cm³/mol. The maximum atomic E-state index is 11.9. The van der Waals surface area contributed by atoms with Crippen molar-refractivity contribution in [2.75, 3.05) is 0 Å². The number of carbonyl (C=O) groups is 1. The van der Waals surface area contributed by atoms with Gasteiger partial charge in [0.1, 0.15) is 0 Å². The Hall–Kier alpha value is -2.19. The molecule has 7 nitrogen and oxygen atoms in total. The Balaban J connectivity index is 2.13. The van der Waals surface area contributed by atoms with Gasteiger partial charge in [-0.3, -0.25) is 4.79 Å². The molecule has 100 valence electrons. The zero-order valence-electron chi connectivity index (χ0n) is 9.83. The Morgan fingerprint density at radius 1 is 1.32 bits per heavy atom. The third-order valence-corrected chi connectivity index (χ3v) is 3.87. The first-order chi connectivity index (χ1) is 8.99. The second-order valence-corrected chi connectivity index (χ2v) is 5.56. The van der Waals surface area contributed by atoms with Crippen LogP contribution in [0.2, 0.25) is 0 Å². The van der Waals surface area contributed by atoms with Crippen LogP contribution < -0.4 is 10.5 Å². The second kappa shape index (κ2) is 5.21. The number of rotatable bonds is 5. The largest absolute Gasteiger partial charge is 0.366 e. The number of sulfonamides is 1. The molecule has 2 aromatic rings. The summed E-state index contributed by atoms with van der Waals surface area (Å²) < 4.78 is 26.3. The van der Waals surface area contributed by atoms with Crippen LogP contribution in [0.3, 0.4) is 0 Å². The SMILES string of the molecule is NC(=O)c1ccc(S(=O)(=O)NCc2cnc[nH]2)cc1. The van der Waals surface area contributed by atoms with Gasteiger partial charge >= 0.3 is 0 Å². The number of nitrogens with one attached hydrogen (secondary N) is 2. The molecule has 0 atom stereocenters. The number of H-pyrrole nitrogens is 1. The summed E-state index contributed by atoms with van der Waals surface area (Å²) in [4.78, 5) is 17.5. The van der Waals surface area contributed by atoms with Gasteiger partial charge in [0.2, 0.25) is 15.9 Å². The predicted octanol–water partition coefficient (Wildman–Crippen LogP) is -0.0129. The molecule has 1 heterocycles. The van der Waals surface area contributed by atoms with Crippen LogP contribution in [-0.4, -0.2) is 24.3 Å². The molecule has 0 saturated heterocycles. The van der Waals surface area contributed by atoms with Gasteiger partial charge in [-0.15, -0.1) is 0 Å². The minimum absolute atomic E-state index is 0.0667. The Morgan fingerprint density at radius 3 is 2.53 bits per heavy atom. The average Bonchev–Trinajstić information content (AvgIpc) is 2.90. The van der Waals surface area contributed by atoms with Crippen molar-refractivity contribution in [2.45, 2.75) is 11.4 Å². The van der Waals surface area contributed by atoms with Gasteiger partial charge in [-0.25, -0.2) is 18.1 Å². The number of imidazole rings is 1. The molecule has 4 N–H and O–H groups in total. The van der Waals surface area contributed by atoms with E-state index in [-0.39, 0.29) is 17.0 Å². The molecule has 0 radical (unpaired) electrons. The van der Waals surface area contributed by atoms with Gasteiger partial charge in [0, 0.05) is 17.5 Å². The van der Waals surface area contributed by atoms with Crippen molar-refractivity contribution in [3.8, 4) is 0 Å². The fourth-order valence-corrected chi connectivity index (χ4v) is 2.44. The maximum Gasteiger partial charge on any atom is 0.248 e. The Labute approximate surface area is 109 Å². The molecular weight excluding hydrogens is 268 g/mol. The van der Waals surface area contributed by atoms with Gasteiger partial charge in [0.05, 0.1) is 17.8 Å². The summed E-state index contributed by atoms with van der Waals surface area (Å²) >= 11 is 0. The molecule has 0 unspecified atom stereocenters. The highest BCUT2D eigenvalue weighted by Crippen LogP contribution is 2.10. The molecule has 1 aromatic carbocycles. The molecule has 0 saturated carbocycles. The fraction of sp³-hybridized carbons (Fsp3) is 0.0909.